The van der Waals surface area contributed by atoms with Crippen molar-refractivity contribution in [3.8, 4) is 5.75 Å². The molecule has 2 amide bonds. The average molecular weight is 409 g/mol. The molecule has 1 heterocycles. The van der Waals surface area contributed by atoms with Gasteiger partial charge in [-0.1, -0.05) is 13.8 Å². The van der Waals surface area contributed by atoms with Gasteiger partial charge in [0, 0.05) is 33.0 Å². The van der Waals surface area contributed by atoms with Crippen molar-refractivity contribution in [2.75, 3.05) is 20.1 Å². The van der Waals surface area contributed by atoms with E-state index in [1.807, 2.05) is 13.8 Å². The summed E-state index contributed by atoms with van der Waals surface area (Å²) in [6.45, 7) is 10.4. The fourth-order valence-corrected chi connectivity index (χ4v) is 3.43. The molecule has 1 aliphatic heterocycles. The van der Waals surface area contributed by atoms with Crippen LogP contribution in [0.3, 0.4) is 0 Å². The third kappa shape index (κ3) is 6.61. The van der Waals surface area contributed by atoms with Crippen molar-refractivity contribution in [2.24, 2.45) is 5.92 Å². The summed E-state index contributed by atoms with van der Waals surface area (Å²) in [7, 11) is 1.61. The van der Waals surface area contributed by atoms with E-state index in [2.05, 4.69) is 0 Å². The lowest BCUT2D eigenvalue weighted by molar-refractivity contribution is -0.139. The van der Waals surface area contributed by atoms with Gasteiger partial charge in [0.25, 0.3) is 0 Å². The molecule has 1 fully saturated rings. The first-order chi connectivity index (χ1) is 13.5. The van der Waals surface area contributed by atoms with E-state index in [1.165, 1.54) is 17.0 Å². The first-order valence-corrected chi connectivity index (χ1v) is 10.1. The normalized spacial score (nSPS) is 16.5. The van der Waals surface area contributed by atoms with E-state index in [0.29, 0.717) is 31.7 Å². The third-order valence-electron chi connectivity index (χ3n) is 4.85. The topological polar surface area (TPSA) is 59.1 Å². The van der Waals surface area contributed by atoms with Gasteiger partial charge in [-0.2, -0.15) is 0 Å². The van der Waals surface area contributed by atoms with Crippen molar-refractivity contribution in [1.82, 2.24) is 9.80 Å². The fourth-order valence-electron chi connectivity index (χ4n) is 3.43. The van der Waals surface area contributed by atoms with Crippen LogP contribution >= 0.6 is 0 Å². The Bertz CT molecular complexity index is 692. The minimum atomic E-state index is -0.619. The van der Waals surface area contributed by atoms with Crippen LogP contribution in [0.1, 0.15) is 47.5 Å². The number of nitrogens with zero attached hydrogens (tertiary/aromatic N) is 2. The number of hydrogen-bond acceptors (Lipinski definition) is 4. The molecule has 7 heteroatoms. The number of rotatable bonds is 5. The van der Waals surface area contributed by atoms with Crippen LogP contribution in [-0.2, 0) is 9.53 Å². The minimum Gasteiger partial charge on any atom is -0.490 e. The van der Waals surface area contributed by atoms with Crippen LogP contribution in [0.4, 0.5) is 9.18 Å². The van der Waals surface area contributed by atoms with Crippen molar-refractivity contribution in [2.45, 2.75) is 65.2 Å². The van der Waals surface area contributed by atoms with Crippen molar-refractivity contribution < 1.29 is 23.5 Å². The molecule has 0 unspecified atom stereocenters. The summed E-state index contributed by atoms with van der Waals surface area (Å²) in [5.74, 6) is 0.203. The minimum absolute atomic E-state index is 0.0226. The van der Waals surface area contributed by atoms with E-state index in [9.17, 15) is 14.0 Å². The van der Waals surface area contributed by atoms with Gasteiger partial charge in [0.15, 0.2) is 0 Å². The van der Waals surface area contributed by atoms with Gasteiger partial charge in [0.05, 0.1) is 0 Å². The Morgan fingerprint density at radius 2 is 1.69 bits per heavy atom. The molecule has 0 aliphatic carbocycles. The third-order valence-corrected chi connectivity index (χ3v) is 4.85. The van der Waals surface area contributed by atoms with E-state index < -0.39 is 17.7 Å². The number of hydrogen-bond donors (Lipinski definition) is 0. The number of carbonyl (C=O) groups excluding carboxylic acids is 2. The highest BCUT2D eigenvalue weighted by molar-refractivity contribution is 5.86. The molecule has 1 atom stereocenters. The zero-order valence-electron chi connectivity index (χ0n) is 18.3. The molecule has 0 N–H and O–H groups in total. The highest BCUT2D eigenvalue weighted by Crippen LogP contribution is 2.22. The van der Waals surface area contributed by atoms with Gasteiger partial charge < -0.3 is 14.4 Å². The van der Waals surface area contributed by atoms with E-state index in [0.717, 1.165) is 0 Å². The quantitative estimate of drug-likeness (QED) is 0.736. The molecular formula is C22H33FN2O4. The maximum atomic E-state index is 13.1. The monoisotopic (exact) mass is 408 g/mol. The van der Waals surface area contributed by atoms with Crippen LogP contribution < -0.4 is 4.74 Å². The van der Waals surface area contributed by atoms with Crippen LogP contribution in [0.25, 0.3) is 0 Å². The molecule has 162 valence electrons. The zero-order chi connectivity index (χ0) is 21.8. The van der Waals surface area contributed by atoms with Crippen molar-refractivity contribution in [3.05, 3.63) is 30.1 Å². The van der Waals surface area contributed by atoms with Crippen LogP contribution in [0.2, 0.25) is 0 Å². The second-order valence-corrected chi connectivity index (χ2v) is 8.88. The molecule has 0 aromatic heterocycles. The zero-order valence-corrected chi connectivity index (χ0v) is 18.3. The fraction of sp³-hybridized carbons (Fsp3) is 0.636. The molecule has 0 radical (unpaired) electrons. The molecule has 0 saturated carbocycles. The standard InChI is InChI=1S/C22H33FN2O4/c1-15(2)19(24(6)21(27)29-22(3,4)5)20(26)25-13-11-18(12-14-25)28-17-9-7-16(23)8-10-17/h7-10,15,18-19H,11-14H2,1-6H3/t19-/m0/s1. The summed E-state index contributed by atoms with van der Waals surface area (Å²) in [5.41, 5.74) is -0.619. The molecule has 0 spiro atoms. The van der Waals surface area contributed by atoms with Gasteiger partial charge in [-0.25, -0.2) is 9.18 Å². The summed E-state index contributed by atoms with van der Waals surface area (Å²) in [6.07, 6.45) is 0.846. The largest absolute Gasteiger partial charge is 0.490 e. The Morgan fingerprint density at radius 3 is 2.17 bits per heavy atom. The Balaban J connectivity index is 1.95. The van der Waals surface area contributed by atoms with Crippen molar-refractivity contribution in [1.29, 1.82) is 0 Å². The maximum absolute atomic E-state index is 13.1. The SMILES string of the molecule is CC(C)[C@@H](C(=O)N1CCC(Oc2ccc(F)cc2)CC1)N(C)C(=O)OC(C)(C)C. The van der Waals surface area contributed by atoms with Crippen LogP contribution in [0.15, 0.2) is 24.3 Å². The van der Waals surface area contributed by atoms with Gasteiger partial charge in [-0.3, -0.25) is 9.69 Å². The Morgan fingerprint density at radius 1 is 1.14 bits per heavy atom. The summed E-state index contributed by atoms with van der Waals surface area (Å²) in [6, 6.07) is 5.37. The molecule has 1 aromatic carbocycles. The van der Waals surface area contributed by atoms with Crippen LogP contribution in [-0.4, -0.2) is 59.7 Å². The number of likely N-dealkylation sites (N-methyl/N-ethyl adjacent to an activating group) is 1. The van der Waals surface area contributed by atoms with Gasteiger partial charge in [-0.05, 0) is 51.0 Å². The Hall–Kier alpha value is -2.31. The number of piperidine rings is 1. The summed E-state index contributed by atoms with van der Waals surface area (Å²) in [5, 5.41) is 0. The van der Waals surface area contributed by atoms with Gasteiger partial charge in [-0.15, -0.1) is 0 Å². The highest BCUT2D eigenvalue weighted by Gasteiger charge is 2.36. The van der Waals surface area contributed by atoms with E-state index >= 15 is 0 Å². The molecule has 1 aromatic rings. The number of halogens is 1. The lowest BCUT2D eigenvalue weighted by Gasteiger charge is -2.38. The predicted octanol–water partition coefficient (Wildman–Crippen LogP) is 4.09. The second-order valence-electron chi connectivity index (χ2n) is 8.88. The summed E-state index contributed by atoms with van der Waals surface area (Å²) < 4.78 is 24.3. The number of carbonyl (C=O) groups is 2. The first kappa shape index (κ1) is 23.0. The van der Waals surface area contributed by atoms with Gasteiger partial charge >= 0.3 is 6.09 Å². The number of benzene rings is 1. The molecule has 1 saturated heterocycles. The number of likely N-dealkylation sites (tertiary alicyclic amines) is 1. The number of ether oxygens (including phenoxy) is 2. The lowest BCUT2D eigenvalue weighted by atomic mass is 9.99. The maximum Gasteiger partial charge on any atom is 0.410 e. The average Bonchev–Trinajstić information content (AvgIpc) is 2.62. The Kier molecular flexibility index (Phi) is 7.49. The van der Waals surface area contributed by atoms with E-state index in [1.54, 1.807) is 44.9 Å². The van der Waals surface area contributed by atoms with Gasteiger partial charge in [0.1, 0.15) is 29.3 Å². The number of amides is 2. The van der Waals surface area contributed by atoms with Crippen molar-refractivity contribution in [3.63, 3.8) is 0 Å². The van der Waals surface area contributed by atoms with Gasteiger partial charge in [0.2, 0.25) is 5.91 Å². The van der Waals surface area contributed by atoms with Crippen LogP contribution in [0, 0.1) is 11.7 Å². The Labute approximate surface area is 172 Å². The second kappa shape index (κ2) is 9.46. The summed E-state index contributed by atoms with van der Waals surface area (Å²) in [4.78, 5) is 28.8. The highest BCUT2D eigenvalue weighted by atomic mass is 19.1. The molecule has 2 rings (SSSR count). The lowest BCUT2D eigenvalue weighted by Crippen LogP contribution is -2.54. The van der Waals surface area contributed by atoms with Crippen molar-refractivity contribution >= 4 is 12.0 Å². The van der Waals surface area contributed by atoms with E-state index in [-0.39, 0.29) is 23.7 Å². The van der Waals surface area contributed by atoms with Crippen LogP contribution in [0.5, 0.6) is 5.75 Å². The molecule has 1 aliphatic rings. The molecule has 6 nitrogen and oxygen atoms in total. The summed E-state index contributed by atoms with van der Waals surface area (Å²) >= 11 is 0. The smallest absolute Gasteiger partial charge is 0.410 e. The molecular weight excluding hydrogens is 375 g/mol. The molecule has 29 heavy (non-hydrogen) atoms. The van der Waals surface area contributed by atoms with E-state index in [4.69, 9.17) is 9.47 Å². The predicted molar refractivity (Wildman–Crippen MR) is 109 cm³/mol. The molecule has 0 bridgehead atoms. The first-order valence-electron chi connectivity index (χ1n) is 10.1.